The Morgan fingerprint density at radius 2 is 1.94 bits per heavy atom. The van der Waals surface area contributed by atoms with Gasteiger partial charge in [-0.05, 0) is 44.6 Å². The summed E-state index contributed by atoms with van der Waals surface area (Å²) < 4.78 is 5.63. The topological polar surface area (TPSA) is 32.7 Å². The lowest BCUT2D eigenvalue weighted by Crippen LogP contribution is -2.54. The van der Waals surface area contributed by atoms with Crippen molar-refractivity contribution >= 4 is 0 Å². The minimum absolute atomic E-state index is 0.0231. The fourth-order valence-corrected chi connectivity index (χ4v) is 3.42. The van der Waals surface area contributed by atoms with Crippen LogP contribution in [0.1, 0.15) is 46.5 Å². The van der Waals surface area contributed by atoms with Crippen molar-refractivity contribution in [3.63, 3.8) is 0 Å². The molecule has 0 aromatic heterocycles. The van der Waals surface area contributed by atoms with Gasteiger partial charge in [0, 0.05) is 19.7 Å². The molecule has 0 radical (unpaired) electrons. The SMILES string of the molecule is COC1(C)CCCN(C2CCC(C)(C)C2O)C1. The van der Waals surface area contributed by atoms with Gasteiger partial charge in [-0.1, -0.05) is 13.8 Å². The summed E-state index contributed by atoms with van der Waals surface area (Å²) in [5.41, 5.74) is 0.0519. The van der Waals surface area contributed by atoms with Crippen molar-refractivity contribution in [2.75, 3.05) is 20.2 Å². The molecule has 1 N–H and O–H groups in total. The third kappa shape index (κ3) is 2.51. The fourth-order valence-electron chi connectivity index (χ4n) is 3.42. The molecule has 0 spiro atoms. The Labute approximate surface area is 105 Å². The minimum Gasteiger partial charge on any atom is -0.391 e. The van der Waals surface area contributed by atoms with Crippen molar-refractivity contribution in [3.05, 3.63) is 0 Å². The maximum Gasteiger partial charge on any atom is 0.0777 e. The highest BCUT2D eigenvalue weighted by molar-refractivity contribution is 4.99. The summed E-state index contributed by atoms with van der Waals surface area (Å²) in [7, 11) is 1.80. The Bertz CT molecular complexity index is 279. The molecule has 2 rings (SSSR count). The Morgan fingerprint density at radius 3 is 2.47 bits per heavy atom. The van der Waals surface area contributed by atoms with Crippen LogP contribution in [0, 0.1) is 5.41 Å². The van der Waals surface area contributed by atoms with Gasteiger partial charge in [0.25, 0.3) is 0 Å². The van der Waals surface area contributed by atoms with E-state index in [1.807, 2.05) is 0 Å². The summed E-state index contributed by atoms with van der Waals surface area (Å²) in [5, 5.41) is 10.4. The highest BCUT2D eigenvalue weighted by Crippen LogP contribution is 2.41. The number of aliphatic hydroxyl groups is 1. The van der Waals surface area contributed by atoms with Gasteiger partial charge in [0.05, 0.1) is 11.7 Å². The third-order valence-electron chi connectivity index (χ3n) is 4.90. The van der Waals surface area contributed by atoms with E-state index < -0.39 is 0 Å². The van der Waals surface area contributed by atoms with Crippen molar-refractivity contribution in [2.24, 2.45) is 5.41 Å². The van der Waals surface area contributed by atoms with Gasteiger partial charge in [-0.15, -0.1) is 0 Å². The molecule has 17 heavy (non-hydrogen) atoms. The summed E-state index contributed by atoms with van der Waals surface area (Å²) in [5.74, 6) is 0. The van der Waals surface area contributed by atoms with Crippen LogP contribution in [-0.4, -0.2) is 48.0 Å². The first-order chi connectivity index (χ1) is 7.88. The van der Waals surface area contributed by atoms with Crippen molar-refractivity contribution in [1.29, 1.82) is 0 Å². The van der Waals surface area contributed by atoms with Crippen LogP contribution in [0.5, 0.6) is 0 Å². The normalized spacial score (nSPS) is 42.9. The number of ether oxygens (including phenoxy) is 1. The minimum atomic E-state index is -0.193. The van der Waals surface area contributed by atoms with Crippen LogP contribution in [0.3, 0.4) is 0 Å². The summed E-state index contributed by atoms with van der Waals surface area (Å²) in [6.45, 7) is 8.61. The van der Waals surface area contributed by atoms with Crippen LogP contribution in [0.2, 0.25) is 0 Å². The van der Waals surface area contributed by atoms with Crippen molar-refractivity contribution in [3.8, 4) is 0 Å². The molecule has 1 saturated heterocycles. The van der Waals surface area contributed by atoms with Gasteiger partial charge in [0.2, 0.25) is 0 Å². The van der Waals surface area contributed by atoms with E-state index in [4.69, 9.17) is 4.74 Å². The molecule has 1 aliphatic carbocycles. The van der Waals surface area contributed by atoms with E-state index in [1.54, 1.807) is 7.11 Å². The Morgan fingerprint density at radius 1 is 1.24 bits per heavy atom. The molecule has 3 unspecified atom stereocenters. The molecule has 3 nitrogen and oxygen atoms in total. The van der Waals surface area contributed by atoms with Gasteiger partial charge in [-0.3, -0.25) is 4.90 Å². The fraction of sp³-hybridized carbons (Fsp3) is 1.00. The maximum absolute atomic E-state index is 10.4. The summed E-state index contributed by atoms with van der Waals surface area (Å²) in [6, 6.07) is 0.333. The molecular formula is C14H27NO2. The monoisotopic (exact) mass is 241 g/mol. The molecule has 0 aromatic rings. The van der Waals surface area contributed by atoms with E-state index in [0.717, 1.165) is 32.4 Å². The zero-order valence-electron chi connectivity index (χ0n) is 11.7. The second kappa shape index (κ2) is 4.52. The molecule has 1 heterocycles. The van der Waals surface area contributed by atoms with Gasteiger partial charge >= 0.3 is 0 Å². The largest absolute Gasteiger partial charge is 0.391 e. The van der Waals surface area contributed by atoms with E-state index in [9.17, 15) is 5.11 Å². The van der Waals surface area contributed by atoms with Crippen molar-refractivity contribution < 1.29 is 9.84 Å². The van der Waals surface area contributed by atoms with E-state index in [0.29, 0.717) is 6.04 Å². The van der Waals surface area contributed by atoms with E-state index >= 15 is 0 Å². The quantitative estimate of drug-likeness (QED) is 0.803. The number of rotatable bonds is 2. The zero-order chi connectivity index (χ0) is 12.7. The first-order valence-corrected chi connectivity index (χ1v) is 6.85. The maximum atomic E-state index is 10.4. The number of nitrogens with zero attached hydrogens (tertiary/aromatic N) is 1. The second-order valence-electron chi connectivity index (χ2n) is 6.77. The average Bonchev–Trinajstić information content (AvgIpc) is 2.55. The van der Waals surface area contributed by atoms with Crippen LogP contribution in [0.25, 0.3) is 0 Å². The number of methoxy groups -OCH3 is 1. The van der Waals surface area contributed by atoms with E-state index in [-0.39, 0.29) is 17.1 Å². The summed E-state index contributed by atoms with van der Waals surface area (Å²) in [4.78, 5) is 2.45. The number of piperidine rings is 1. The molecule has 100 valence electrons. The molecule has 3 heteroatoms. The van der Waals surface area contributed by atoms with Crippen LogP contribution in [-0.2, 0) is 4.74 Å². The van der Waals surface area contributed by atoms with Crippen LogP contribution in [0.15, 0.2) is 0 Å². The zero-order valence-corrected chi connectivity index (χ0v) is 11.7. The molecule has 2 fully saturated rings. The number of aliphatic hydroxyl groups excluding tert-OH is 1. The Hall–Kier alpha value is -0.120. The predicted molar refractivity (Wildman–Crippen MR) is 69.0 cm³/mol. The van der Waals surface area contributed by atoms with Gasteiger partial charge in [0.15, 0.2) is 0 Å². The lowest BCUT2D eigenvalue weighted by molar-refractivity contribution is -0.0789. The standard InChI is InChI=1S/C14H27NO2/c1-13(2)8-6-11(12(13)16)15-9-5-7-14(3,10-15)17-4/h11-12,16H,5-10H2,1-4H3. The molecule has 3 atom stereocenters. The van der Waals surface area contributed by atoms with Gasteiger partial charge < -0.3 is 9.84 Å². The highest BCUT2D eigenvalue weighted by Gasteiger charge is 2.45. The predicted octanol–water partition coefficient (Wildman–Crippen LogP) is 2.04. The van der Waals surface area contributed by atoms with Gasteiger partial charge in [-0.25, -0.2) is 0 Å². The average molecular weight is 241 g/mol. The highest BCUT2D eigenvalue weighted by atomic mass is 16.5. The molecular weight excluding hydrogens is 214 g/mol. The molecule has 0 aromatic carbocycles. The summed E-state index contributed by atoms with van der Waals surface area (Å²) in [6.07, 6.45) is 4.36. The van der Waals surface area contributed by atoms with Crippen LogP contribution >= 0.6 is 0 Å². The lowest BCUT2D eigenvalue weighted by atomic mass is 9.87. The summed E-state index contributed by atoms with van der Waals surface area (Å²) >= 11 is 0. The van der Waals surface area contributed by atoms with Crippen molar-refractivity contribution in [1.82, 2.24) is 4.90 Å². The smallest absolute Gasteiger partial charge is 0.0777 e. The molecule has 0 amide bonds. The first-order valence-electron chi connectivity index (χ1n) is 6.85. The lowest BCUT2D eigenvalue weighted by Gasteiger charge is -2.43. The molecule has 1 aliphatic heterocycles. The van der Waals surface area contributed by atoms with Gasteiger partial charge in [-0.2, -0.15) is 0 Å². The Kier molecular flexibility index (Phi) is 3.54. The Balaban J connectivity index is 2.04. The third-order valence-corrected chi connectivity index (χ3v) is 4.90. The number of hydrogen-bond acceptors (Lipinski definition) is 3. The van der Waals surface area contributed by atoms with Gasteiger partial charge in [0.1, 0.15) is 0 Å². The van der Waals surface area contributed by atoms with E-state index in [2.05, 4.69) is 25.7 Å². The second-order valence-corrected chi connectivity index (χ2v) is 6.77. The van der Waals surface area contributed by atoms with Crippen molar-refractivity contribution in [2.45, 2.75) is 64.2 Å². The van der Waals surface area contributed by atoms with Crippen LogP contribution in [0.4, 0.5) is 0 Å². The molecule has 2 aliphatic rings. The first kappa shape index (κ1) is 13.3. The van der Waals surface area contributed by atoms with Crippen LogP contribution < -0.4 is 0 Å². The van der Waals surface area contributed by atoms with E-state index in [1.165, 1.54) is 6.42 Å². The number of hydrogen-bond donors (Lipinski definition) is 1. The molecule has 0 bridgehead atoms. The molecule has 1 saturated carbocycles. The number of likely N-dealkylation sites (tertiary alicyclic amines) is 1.